The lowest BCUT2D eigenvalue weighted by atomic mass is 10.0. The van der Waals surface area contributed by atoms with Crippen LogP contribution in [0.1, 0.15) is 13.3 Å². The average molecular weight is 242 g/mol. The van der Waals surface area contributed by atoms with Crippen molar-refractivity contribution in [2.45, 2.75) is 19.4 Å². The molecule has 94 valence electrons. The molecule has 1 aromatic carbocycles. The number of aromatic nitrogens is 1. The molecule has 3 heteroatoms. The predicted molar refractivity (Wildman–Crippen MR) is 73.8 cm³/mol. The molecule has 1 N–H and O–H groups in total. The molecular weight excluding hydrogens is 224 g/mol. The summed E-state index contributed by atoms with van der Waals surface area (Å²) in [4.78, 5) is 4.33. The van der Waals surface area contributed by atoms with Crippen LogP contribution in [0.5, 0.6) is 0 Å². The molecule has 1 aliphatic heterocycles. The van der Waals surface area contributed by atoms with E-state index < -0.39 is 0 Å². The smallest absolute Gasteiger partial charge is 0.0703 e. The monoisotopic (exact) mass is 242 g/mol. The Morgan fingerprint density at radius 2 is 2.33 bits per heavy atom. The molecule has 1 fully saturated rings. The number of rotatable bonds is 3. The minimum Gasteiger partial charge on any atom is -0.382 e. The highest BCUT2D eigenvalue weighted by atomic mass is 16.5. The van der Waals surface area contributed by atoms with Gasteiger partial charge in [0.25, 0.3) is 0 Å². The van der Waals surface area contributed by atoms with Crippen LogP contribution < -0.4 is 5.32 Å². The van der Waals surface area contributed by atoms with Crippen LogP contribution in [0.3, 0.4) is 0 Å². The highest BCUT2D eigenvalue weighted by Crippen LogP contribution is 2.22. The van der Waals surface area contributed by atoms with Crippen LogP contribution in [0.4, 0.5) is 5.69 Å². The molecule has 1 saturated heterocycles. The molecule has 0 saturated carbocycles. The van der Waals surface area contributed by atoms with Gasteiger partial charge in [-0.2, -0.15) is 0 Å². The van der Waals surface area contributed by atoms with Gasteiger partial charge in [-0.05, 0) is 37.6 Å². The summed E-state index contributed by atoms with van der Waals surface area (Å²) in [6.07, 6.45) is 2.98. The largest absolute Gasteiger partial charge is 0.382 e. The molecule has 3 rings (SSSR count). The van der Waals surface area contributed by atoms with Crippen LogP contribution in [0, 0.1) is 5.92 Å². The van der Waals surface area contributed by atoms with Crippen LogP contribution in [0.2, 0.25) is 0 Å². The molecule has 1 aliphatic rings. The van der Waals surface area contributed by atoms with Crippen molar-refractivity contribution >= 4 is 16.6 Å². The van der Waals surface area contributed by atoms with E-state index in [1.165, 1.54) is 5.39 Å². The number of nitrogens with zero attached hydrogens (tertiary/aromatic N) is 1. The minimum absolute atomic E-state index is 0.446. The van der Waals surface area contributed by atoms with E-state index in [1.54, 1.807) is 0 Å². The maximum Gasteiger partial charge on any atom is 0.0703 e. The van der Waals surface area contributed by atoms with Gasteiger partial charge in [-0.25, -0.2) is 0 Å². The van der Waals surface area contributed by atoms with Gasteiger partial charge in [0.1, 0.15) is 0 Å². The third-order valence-electron chi connectivity index (χ3n) is 3.67. The lowest BCUT2D eigenvalue weighted by molar-refractivity contribution is 0.183. The predicted octanol–water partition coefficient (Wildman–Crippen LogP) is 3.07. The Hall–Kier alpha value is -1.61. The Labute approximate surface area is 107 Å². The molecule has 2 unspecified atom stereocenters. The standard InChI is InChI=1S/C15H18N2O/c1-11(13-6-8-18-10-13)17-14-4-5-15-12(9-14)3-2-7-16-15/h2-5,7,9,11,13,17H,6,8,10H2,1H3. The highest BCUT2D eigenvalue weighted by molar-refractivity contribution is 5.82. The molecular formula is C15H18N2O. The molecule has 1 aromatic heterocycles. The summed E-state index contributed by atoms with van der Waals surface area (Å²) >= 11 is 0. The molecule has 18 heavy (non-hydrogen) atoms. The van der Waals surface area contributed by atoms with Crippen molar-refractivity contribution in [2.24, 2.45) is 5.92 Å². The van der Waals surface area contributed by atoms with Crippen LogP contribution in [-0.2, 0) is 4.74 Å². The van der Waals surface area contributed by atoms with Gasteiger partial charge in [0, 0.05) is 35.8 Å². The maximum absolute atomic E-state index is 5.44. The van der Waals surface area contributed by atoms with Crippen molar-refractivity contribution in [2.75, 3.05) is 18.5 Å². The summed E-state index contributed by atoms with van der Waals surface area (Å²) < 4.78 is 5.44. The minimum atomic E-state index is 0.446. The highest BCUT2D eigenvalue weighted by Gasteiger charge is 2.21. The lowest BCUT2D eigenvalue weighted by Crippen LogP contribution is -2.26. The van der Waals surface area contributed by atoms with Gasteiger partial charge < -0.3 is 10.1 Å². The van der Waals surface area contributed by atoms with E-state index in [4.69, 9.17) is 4.74 Å². The van der Waals surface area contributed by atoms with E-state index in [0.717, 1.165) is 30.8 Å². The first kappa shape index (κ1) is 11.5. The second-order valence-corrected chi connectivity index (χ2v) is 4.97. The molecule has 0 bridgehead atoms. The Morgan fingerprint density at radius 3 is 3.17 bits per heavy atom. The number of benzene rings is 1. The topological polar surface area (TPSA) is 34.2 Å². The van der Waals surface area contributed by atoms with Gasteiger partial charge in [-0.15, -0.1) is 0 Å². The molecule has 0 spiro atoms. The summed E-state index contributed by atoms with van der Waals surface area (Å²) in [5, 5.41) is 4.75. The Bertz CT molecular complexity index is 535. The average Bonchev–Trinajstić information content (AvgIpc) is 2.92. The molecule has 0 radical (unpaired) electrons. The van der Waals surface area contributed by atoms with Gasteiger partial charge in [0.05, 0.1) is 12.1 Å². The van der Waals surface area contributed by atoms with Gasteiger partial charge in [0.2, 0.25) is 0 Å². The maximum atomic E-state index is 5.44. The van der Waals surface area contributed by atoms with Crippen molar-refractivity contribution < 1.29 is 4.74 Å². The molecule has 3 nitrogen and oxygen atoms in total. The lowest BCUT2D eigenvalue weighted by Gasteiger charge is -2.20. The Morgan fingerprint density at radius 1 is 1.39 bits per heavy atom. The number of pyridine rings is 1. The first-order valence-electron chi connectivity index (χ1n) is 6.52. The summed E-state index contributed by atoms with van der Waals surface area (Å²) in [6, 6.07) is 10.8. The fourth-order valence-electron chi connectivity index (χ4n) is 2.49. The van der Waals surface area contributed by atoms with Crippen molar-refractivity contribution in [1.29, 1.82) is 0 Å². The first-order chi connectivity index (χ1) is 8.83. The SMILES string of the molecule is CC(Nc1ccc2ncccc2c1)C1CCOC1. The Kier molecular flexibility index (Phi) is 3.15. The molecule has 0 amide bonds. The van der Waals surface area contributed by atoms with Crippen molar-refractivity contribution in [3.63, 3.8) is 0 Å². The summed E-state index contributed by atoms with van der Waals surface area (Å²) in [6.45, 7) is 4.01. The van der Waals surface area contributed by atoms with Gasteiger partial charge in [-0.3, -0.25) is 4.98 Å². The van der Waals surface area contributed by atoms with Gasteiger partial charge in [0.15, 0.2) is 0 Å². The second-order valence-electron chi connectivity index (χ2n) is 4.97. The zero-order chi connectivity index (χ0) is 12.4. The van der Waals surface area contributed by atoms with Crippen LogP contribution in [-0.4, -0.2) is 24.2 Å². The zero-order valence-electron chi connectivity index (χ0n) is 10.6. The number of hydrogen-bond donors (Lipinski definition) is 1. The quantitative estimate of drug-likeness (QED) is 0.898. The summed E-state index contributed by atoms with van der Waals surface area (Å²) in [5.74, 6) is 0.620. The number of anilines is 1. The van der Waals surface area contributed by atoms with Crippen molar-refractivity contribution in [3.05, 3.63) is 36.5 Å². The van der Waals surface area contributed by atoms with Crippen LogP contribution in [0.15, 0.2) is 36.5 Å². The van der Waals surface area contributed by atoms with Crippen molar-refractivity contribution in [3.8, 4) is 0 Å². The number of fused-ring (bicyclic) bond motifs is 1. The molecule has 2 aromatic rings. The molecule has 2 heterocycles. The van der Waals surface area contributed by atoms with Gasteiger partial charge in [-0.1, -0.05) is 6.07 Å². The van der Waals surface area contributed by atoms with E-state index in [0.29, 0.717) is 12.0 Å². The number of hydrogen-bond acceptors (Lipinski definition) is 3. The fraction of sp³-hybridized carbons (Fsp3) is 0.400. The fourth-order valence-corrected chi connectivity index (χ4v) is 2.49. The second kappa shape index (κ2) is 4.94. The molecule has 0 aliphatic carbocycles. The molecule has 2 atom stereocenters. The summed E-state index contributed by atoms with van der Waals surface area (Å²) in [7, 11) is 0. The van der Waals surface area contributed by atoms with E-state index >= 15 is 0 Å². The van der Waals surface area contributed by atoms with E-state index in [2.05, 4.69) is 41.5 Å². The zero-order valence-corrected chi connectivity index (χ0v) is 10.6. The van der Waals surface area contributed by atoms with E-state index in [9.17, 15) is 0 Å². The van der Waals surface area contributed by atoms with Gasteiger partial charge >= 0.3 is 0 Å². The summed E-state index contributed by atoms with van der Waals surface area (Å²) in [5.41, 5.74) is 2.20. The Balaban J connectivity index is 1.77. The van der Waals surface area contributed by atoms with Crippen LogP contribution >= 0.6 is 0 Å². The third kappa shape index (κ3) is 2.31. The normalized spacial score (nSPS) is 21.1. The van der Waals surface area contributed by atoms with E-state index in [1.807, 2.05) is 12.3 Å². The first-order valence-corrected chi connectivity index (χ1v) is 6.52. The number of ether oxygens (including phenoxy) is 1. The van der Waals surface area contributed by atoms with E-state index in [-0.39, 0.29) is 0 Å². The van der Waals surface area contributed by atoms with Crippen LogP contribution in [0.25, 0.3) is 10.9 Å². The number of nitrogens with one attached hydrogen (secondary N) is 1. The third-order valence-corrected chi connectivity index (χ3v) is 3.67. The van der Waals surface area contributed by atoms with Crippen molar-refractivity contribution in [1.82, 2.24) is 4.98 Å².